The number of carbonyl (C=O) groups is 2. The fourth-order valence-corrected chi connectivity index (χ4v) is 5.89. The first-order valence-electron chi connectivity index (χ1n) is 17.5. The number of hydrogen-bond donors (Lipinski definition) is 0. The van der Waals surface area contributed by atoms with Crippen molar-refractivity contribution in [3.63, 3.8) is 0 Å². The van der Waals surface area contributed by atoms with Crippen LogP contribution in [0, 0.1) is 0 Å². The van der Waals surface area contributed by atoms with E-state index in [1.54, 1.807) is 107 Å². The van der Waals surface area contributed by atoms with Gasteiger partial charge in [-0.3, -0.25) is 9.59 Å². The van der Waals surface area contributed by atoms with Gasteiger partial charge in [0.05, 0.1) is 60.5 Å². The number of imide groups is 1. The van der Waals surface area contributed by atoms with E-state index in [-0.39, 0.29) is 11.4 Å². The lowest BCUT2D eigenvalue weighted by Gasteiger charge is -2.38. The Morgan fingerprint density at radius 3 is 1.18 bits per heavy atom. The lowest BCUT2D eigenvalue weighted by atomic mass is 10.0. The molecule has 3 aliphatic rings. The van der Waals surface area contributed by atoms with Gasteiger partial charge in [0.25, 0.3) is 11.8 Å². The van der Waals surface area contributed by atoms with Crippen molar-refractivity contribution in [2.75, 3.05) is 14.7 Å². The molecule has 214 valence electrons. The number of fused-ring (bicyclic) bond motifs is 5. The molecular weight excluding hydrogens is 562 g/mol. The lowest BCUT2D eigenvalue weighted by Crippen LogP contribution is -2.29. The summed E-state index contributed by atoms with van der Waals surface area (Å²) in [5.74, 6) is -0.451. The van der Waals surface area contributed by atoms with Gasteiger partial charge in [-0.2, -0.15) is 0 Å². The van der Waals surface area contributed by atoms with Crippen LogP contribution < -0.4 is 24.2 Å². The van der Waals surface area contributed by atoms with E-state index in [1.807, 2.05) is 0 Å². The van der Waals surface area contributed by atoms with Gasteiger partial charge in [0.1, 0.15) is 0 Å². The van der Waals surface area contributed by atoms with E-state index < -0.39 is 70.9 Å². The molecule has 0 fully saturated rings. The van der Waals surface area contributed by atoms with E-state index >= 15 is 0 Å². The van der Waals surface area contributed by atoms with Crippen LogP contribution in [0.1, 0.15) is 30.3 Å². The van der Waals surface area contributed by atoms with Crippen LogP contribution in [-0.4, -0.2) is 11.8 Å². The highest BCUT2D eigenvalue weighted by molar-refractivity contribution is 6.35. The minimum absolute atomic E-state index is 0.0579. The second-order valence-corrected chi connectivity index (χ2v) is 10.4. The average molecular weight is 593 g/mol. The third-order valence-corrected chi connectivity index (χ3v) is 7.82. The largest absolute Gasteiger partial charge is 0.453 e. The fraction of sp³-hybridized carbons (Fsp3) is 0. The Morgan fingerprint density at radius 1 is 0.444 bits per heavy atom. The fourth-order valence-electron chi connectivity index (χ4n) is 5.89. The van der Waals surface area contributed by atoms with E-state index in [1.165, 1.54) is 0 Å². The smallest absolute Gasteiger partial charge is 0.266 e. The van der Waals surface area contributed by atoms with Crippen molar-refractivity contribution in [1.29, 1.82) is 0 Å². The Morgan fingerprint density at radius 2 is 0.800 bits per heavy atom. The van der Waals surface area contributed by atoms with E-state index in [9.17, 15) is 12.3 Å². The molecule has 0 atom stereocenters. The van der Waals surface area contributed by atoms with Gasteiger partial charge in [0.2, 0.25) is 0 Å². The summed E-state index contributed by atoms with van der Waals surface area (Å²) in [5.41, 5.74) is 0.518. The van der Waals surface area contributed by atoms with Crippen molar-refractivity contribution < 1.29 is 28.7 Å². The zero-order chi connectivity index (χ0) is 36.2. The molecule has 0 aromatic heterocycles. The van der Waals surface area contributed by atoms with Crippen molar-refractivity contribution in [3.8, 4) is 23.0 Å². The zero-order valence-corrected chi connectivity index (χ0v) is 23.2. The SMILES string of the molecule is [2H]c1c([2H])c([2H])c(N2C(=O)c3c([2H])c(N4c5ccccc5Oc5ccccc54)c(N4c5ccccc5Oc5ccccc54)c([2H])c3C2=O)c([2H])c1[2H]. The summed E-state index contributed by atoms with van der Waals surface area (Å²) in [4.78, 5) is 32.9. The summed E-state index contributed by atoms with van der Waals surface area (Å²) >= 11 is 0. The molecule has 0 unspecified atom stereocenters. The molecule has 7 nitrogen and oxygen atoms in total. The van der Waals surface area contributed by atoms with Crippen LogP contribution in [0.15, 0.2) is 139 Å². The molecule has 2 amide bonds. The molecule has 9 rings (SSSR count). The van der Waals surface area contributed by atoms with Crippen LogP contribution in [0.4, 0.5) is 39.8 Å². The number of para-hydroxylation sites is 9. The predicted octanol–water partition coefficient (Wildman–Crippen LogP) is 9.64. The Hall–Kier alpha value is -6.34. The first-order valence-corrected chi connectivity index (χ1v) is 14.0. The van der Waals surface area contributed by atoms with Crippen LogP contribution >= 0.6 is 0 Å². The van der Waals surface area contributed by atoms with E-state index in [0.717, 1.165) is 0 Å². The summed E-state index contributed by atoms with van der Waals surface area (Å²) in [6, 6.07) is 23.9. The number of hydrogen-bond acceptors (Lipinski definition) is 6. The van der Waals surface area contributed by atoms with Crippen LogP contribution in [0.3, 0.4) is 0 Å². The predicted molar refractivity (Wildman–Crippen MR) is 174 cm³/mol. The maximum Gasteiger partial charge on any atom is 0.266 e. The second kappa shape index (κ2) is 9.59. The van der Waals surface area contributed by atoms with Gasteiger partial charge >= 0.3 is 0 Å². The Labute approximate surface area is 268 Å². The highest BCUT2D eigenvalue weighted by Gasteiger charge is 2.41. The third kappa shape index (κ3) is 3.71. The number of nitrogens with zero attached hydrogens (tertiary/aromatic N) is 3. The average Bonchev–Trinajstić information content (AvgIpc) is 3.42. The number of amides is 2. The Balaban J connectivity index is 1.41. The minimum atomic E-state index is -1.09. The lowest BCUT2D eigenvalue weighted by molar-refractivity contribution is 0.0926. The van der Waals surface area contributed by atoms with Gasteiger partial charge in [-0.05, 0) is 72.7 Å². The molecule has 3 heterocycles. The van der Waals surface area contributed by atoms with Crippen LogP contribution in [0.5, 0.6) is 23.0 Å². The Kier molecular flexibility index (Phi) is 4.06. The van der Waals surface area contributed by atoms with Crippen LogP contribution in [0.25, 0.3) is 0 Å². The quantitative estimate of drug-likeness (QED) is 0.190. The van der Waals surface area contributed by atoms with Crippen molar-refractivity contribution in [2.24, 2.45) is 0 Å². The van der Waals surface area contributed by atoms with Gasteiger partial charge in [0.15, 0.2) is 23.0 Å². The molecule has 7 heteroatoms. The summed E-state index contributed by atoms with van der Waals surface area (Å²) < 4.78 is 73.8. The van der Waals surface area contributed by atoms with Crippen molar-refractivity contribution in [1.82, 2.24) is 0 Å². The summed E-state index contributed by atoms with van der Waals surface area (Å²) in [5, 5.41) is 0. The third-order valence-electron chi connectivity index (χ3n) is 7.82. The number of ether oxygens (including phenoxy) is 2. The van der Waals surface area contributed by atoms with Crippen LogP contribution in [-0.2, 0) is 0 Å². The molecule has 3 aliphatic heterocycles. The number of anilines is 7. The molecule has 6 aromatic carbocycles. The van der Waals surface area contributed by atoms with Gasteiger partial charge in [0, 0.05) is 0 Å². The molecule has 0 bridgehead atoms. The van der Waals surface area contributed by atoms with Gasteiger partial charge < -0.3 is 19.3 Å². The first-order chi connectivity index (χ1) is 25.1. The summed E-state index contributed by atoms with van der Waals surface area (Å²) in [7, 11) is 0. The van der Waals surface area contributed by atoms with E-state index in [4.69, 9.17) is 16.3 Å². The first kappa shape index (κ1) is 19.0. The zero-order valence-electron chi connectivity index (χ0n) is 30.2. The highest BCUT2D eigenvalue weighted by atomic mass is 16.5. The van der Waals surface area contributed by atoms with E-state index in [2.05, 4.69) is 0 Å². The maximum atomic E-state index is 14.5. The molecule has 6 aromatic rings. The standard InChI is InChI=1S/C38H23N3O4/c42-37-25-22-31(40-27-14-4-8-18-33(27)44-34-19-9-5-15-28(34)40)32(23-26(25)38(43)39(37)24-12-2-1-3-13-24)41-29-16-6-10-20-35(29)45-36-21-11-7-17-30(36)41/h1-23H/i1D,2D,3D,12D,13D,22D,23D. The second-order valence-electron chi connectivity index (χ2n) is 10.4. The molecule has 0 spiro atoms. The number of carbonyl (C=O) groups excluding carboxylic acids is 2. The number of benzene rings is 6. The topological polar surface area (TPSA) is 62.3 Å². The van der Waals surface area contributed by atoms with Crippen LogP contribution in [0.2, 0.25) is 0 Å². The van der Waals surface area contributed by atoms with Gasteiger partial charge in [-0.1, -0.05) is 66.7 Å². The summed E-state index contributed by atoms with van der Waals surface area (Å²) in [6.07, 6.45) is 0. The Bertz CT molecular complexity index is 2340. The van der Waals surface area contributed by atoms with Gasteiger partial charge in [-0.15, -0.1) is 0 Å². The molecule has 0 N–H and O–H groups in total. The van der Waals surface area contributed by atoms with Gasteiger partial charge in [-0.25, -0.2) is 4.90 Å². The molecular formula is C38H23N3O4. The van der Waals surface area contributed by atoms with Crippen molar-refractivity contribution in [3.05, 3.63) is 150 Å². The van der Waals surface area contributed by atoms with Crippen molar-refractivity contribution >= 4 is 51.6 Å². The maximum absolute atomic E-state index is 14.5. The molecule has 0 saturated heterocycles. The summed E-state index contributed by atoms with van der Waals surface area (Å²) in [6.45, 7) is 0. The highest BCUT2D eigenvalue weighted by Crippen LogP contribution is 2.57. The normalized spacial score (nSPS) is 16.3. The van der Waals surface area contributed by atoms with Crippen molar-refractivity contribution in [2.45, 2.75) is 0 Å². The minimum Gasteiger partial charge on any atom is -0.453 e. The van der Waals surface area contributed by atoms with E-state index in [0.29, 0.717) is 50.6 Å². The number of rotatable bonds is 3. The monoisotopic (exact) mass is 592 g/mol. The molecule has 0 radical (unpaired) electrons. The molecule has 0 aliphatic carbocycles. The molecule has 45 heavy (non-hydrogen) atoms. The molecule has 0 saturated carbocycles.